The lowest BCUT2D eigenvalue weighted by Gasteiger charge is -2.06. The predicted molar refractivity (Wildman–Crippen MR) is 89.6 cm³/mol. The Balaban J connectivity index is 1.58. The van der Waals surface area contributed by atoms with E-state index in [2.05, 4.69) is 32.4 Å². The third-order valence-corrected chi connectivity index (χ3v) is 3.99. The number of benzene rings is 1. The molecule has 2 heterocycles. The van der Waals surface area contributed by atoms with E-state index in [9.17, 15) is 0 Å². The van der Waals surface area contributed by atoms with Gasteiger partial charge in [0.2, 0.25) is 0 Å². The second kappa shape index (κ2) is 7.56. The van der Waals surface area contributed by atoms with Crippen molar-refractivity contribution in [3.8, 4) is 0 Å². The van der Waals surface area contributed by atoms with Crippen LogP contribution in [0, 0.1) is 0 Å². The highest BCUT2D eigenvalue weighted by molar-refractivity contribution is 7.98. The molecule has 0 bridgehead atoms. The van der Waals surface area contributed by atoms with Gasteiger partial charge in [-0.3, -0.25) is 9.97 Å². The molecule has 1 N–H and O–H groups in total. The van der Waals surface area contributed by atoms with E-state index < -0.39 is 0 Å². The molecule has 3 rings (SSSR count). The molecule has 1 aromatic carbocycles. The highest BCUT2D eigenvalue weighted by atomic mass is 32.2. The minimum Gasteiger partial charge on any atom is -0.363 e. The number of pyridine rings is 1. The van der Waals surface area contributed by atoms with Crippen molar-refractivity contribution in [3.63, 3.8) is 0 Å². The van der Waals surface area contributed by atoms with Gasteiger partial charge in [-0.2, -0.15) is 0 Å². The van der Waals surface area contributed by atoms with Crippen LogP contribution in [0.5, 0.6) is 0 Å². The molecule has 110 valence electrons. The number of aromatic nitrogens is 3. The summed E-state index contributed by atoms with van der Waals surface area (Å²) in [4.78, 5) is 13.1. The molecule has 0 aliphatic rings. The monoisotopic (exact) mass is 308 g/mol. The number of anilines is 1. The Hall–Kier alpha value is -2.40. The van der Waals surface area contributed by atoms with Gasteiger partial charge in [-0.25, -0.2) is 4.98 Å². The zero-order valence-electron chi connectivity index (χ0n) is 12.0. The Labute approximate surface area is 134 Å². The molecule has 0 unspecified atom stereocenters. The van der Waals surface area contributed by atoms with E-state index >= 15 is 0 Å². The van der Waals surface area contributed by atoms with Crippen molar-refractivity contribution in [2.24, 2.45) is 0 Å². The normalized spacial score (nSPS) is 10.4. The van der Waals surface area contributed by atoms with E-state index in [0.717, 1.165) is 22.3 Å². The van der Waals surface area contributed by atoms with Crippen molar-refractivity contribution in [2.75, 3.05) is 5.32 Å². The third-order valence-electron chi connectivity index (χ3n) is 3.02. The van der Waals surface area contributed by atoms with Crippen LogP contribution in [0.4, 0.5) is 5.82 Å². The van der Waals surface area contributed by atoms with Crippen LogP contribution in [0.25, 0.3) is 0 Å². The van der Waals surface area contributed by atoms with Crippen molar-refractivity contribution >= 4 is 17.6 Å². The molecule has 0 fully saturated rings. The fourth-order valence-electron chi connectivity index (χ4n) is 1.92. The van der Waals surface area contributed by atoms with Gasteiger partial charge in [-0.05, 0) is 17.7 Å². The van der Waals surface area contributed by atoms with Crippen LogP contribution in [0.3, 0.4) is 0 Å². The molecule has 4 nitrogen and oxygen atoms in total. The van der Waals surface area contributed by atoms with Crippen LogP contribution >= 0.6 is 11.8 Å². The quantitative estimate of drug-likeness (QED) is 0.702. The molecular weight excluding hydrogens is 292 g/mol. The van der Waals surface area contributed by atoms with Crippen molar-refractivity contribution in [2.45, 2.75) is 17.3 Å². The van der Waals surface area contributed by atoms with Crippen LogP contribution < -0.4 is 5.32 Å². The molecule has 0 atom stereocenters. The second-order valence-corrected chi connectivity index (χ2v) is 5.69. The number of hydrogen-bond donors (Lipinski definition) is 1. The highest BCUT2D eigenvalue weighted by Gasteiger charge is 2.01. The molecule has 0 saturated heterocycles. The fraction of sp³-hybridized carbons (Fsp3) is 0.118. The largest absolute Gasteiger partial charge is 0.363 e. The molecule has 0 saturated carbocycles. The van der Waals surface area contributed by atoms with Gasteiger partial charge in [0, 0.05) is 11.9 Å². The summed E-state index contributed by atoms with van der Waals surface area (Å²) < 4.78 is 0. The summed E-state index contributed by atoms with van der Waals surface area (Å²) in [7, 11) is 0. The van der Waals surface area contributed by atoms with Gasteiger partial charge in [0.05, 0.1) is 24.6 Å². The summed E-state index contributed by atoms with van der Waals surface area (Å²) >= 11 is 1.68. The van der Waals surface area contributed by atoms with E-state index in [1.807, 2.05) is 36.4 Å². The van der Waals surface area contributed by atoms with Gasteiger partial charge in [0.15, 0.2) is 0 Å². The molecule has 3 aromatic rings. The molecule has 0 radical (unpaired) electrons. The summed E-state index contributed by atoms with van der Waals surface area (Å²) in [6, 6.07) is 16.2. The summed E-state index contributed by atoms with van der Waals surface area (Å²) in [6.07, 6.45) is 5.31. The maximum atomic E-state index is 4.56. The number of thioether (sulfide) groups is 1. The lowest BCUT2D eigenvalue weighted by atomic mass is 10.2. The van der Waals surface area contributed by atoms with Gasteiger partial charge in [0.1, 0.15) is 10.8 Å². The number of nitrogens with zero attached hydrogens (tertiary/aromatic N) is 3. The maximum absolute atomic E-state index is 4.56. The van der Waals surface area contributed by atoms with Crippen molar-refractivity contribution in [3.05, 3.63) is 78.4 Å². The SMILES string of the molecule is c1ccc(CSc2cncc(NCc3ccccn3)n2)cc1. The van der Waals surface area contributed by atoms with E-state index in [0.29, 0.717) is 6.54 Å². The Morgan fingerprint density at radius 1 is 0.955 bits per heavy atom. The molecule has 5 heteroatoms. The van der Waals surface area contributed by atoms with Crippen molar-refractivity contribution in [1.29, 1.82) is 0 Å². The van der Waals surface area contributed by atoms with E-state index in [1.165, 1.54) is 5.56 Å². The molecular formula is C17H16N4S. The summed E-state index contributed by atoms with van der Waals surface area (Å²) in [6.45, 7) is 0.641. The van der Waals surface area contributed by atoms with Gasteiger partial charge in [-0.15, -0.1) is 11.8 Å². The highest BCUT2D eigenvalue weighted by Crippen LogP contribution is 2.21. The van der Waals surface area contributed by atoms with Crippen LogP contribution in [-0.2, 0) is 12.3 Å². The lowest BCUT2D eigenvalue weighted by Crippen LogP contribution is -2.03. The molecule has 0 spiro atoms. The minimum atomic E-state index is 0.641. The Morgan fingerprint density at radius 2 is 1.82 bits per heavy atom. The number of hydrogen-bond acceptors (Lipinski definition) is 5. The van der Waals surface area contributed by atoms with Gasteiger partial charge in [0.25, 0.3) is 0 Å². The smallest absolute Gasteiger partial charge is 0.146 e. The summed E-state index contributed by atoms with van der Waals surface area (Å²) in [5, 5.41) is 4.16. The number of rotatable bonds is 6. The second-order valence-electron chi connectivity index (χ2n) is 4.69. The maximum Gasteiger partial charge on any atom is 0.146 e. The first-order chi connectivity index (χ1) is 10.9. The average Bonchev–Trinajstić information content (AvgIpc) is 2.60. The summed E-state index contributed by atoms with van der Waals surface area (Å²) in [5.74, 6) is 1.66. The average molecular weight is 308 g/mol. The number of nitrogens with one attached hydrogen (secondary N) is 1. The standard InChI is InChI=1S/C17H16N4S/c1-2-6-14(7-3-1)13-22-17-12-18-11-16(21-17)20-10-15-8-4-5-9-19-15/h1-9,11-12H,10,13H2,(H,20,21). The van der Waals surface area contributed by atoms with Crippen molar-refractivity contribution in [1.82, 2.24) is 15.0 Å². The first kappa shape index (κ1) is 14.5. The van der Waals surface area contributed by atoms with E-state index in [4.69, 9.17) is 0 Å². The first-order valence-corrected chi connectivity index (χ1v) is 8.01. The minimum absolute atomic E-state index is 0.641. The molecule has 22 heavy (non-hydrogen) atoms. The zero-order chi connectivity index (χ0) is 15.0. The Morgan fingerprint density at radius 3 is 2.64 bits per heavy atom. The zero-order valence-corrected chi connectivity index (χ0v) is 12.8. The van der Waals surface area contributed by atoms with Crippen molar-refractivity contribution < 1.29 is 0 Å². The third kappa shape index (κ3) is 4.30. The first-order valence-electron chi connectivity index (χ1n) is 7.03. The van der Waals surface area contributed by atoms with Crippen LogP contribution in [0.2, 0.25) is 0 Å². The summed E-state index contributed by atoms with van der Waals surface area (Å²) in [5.41, 5.74) is 2.26. The molecule has 2 aromatic heterocycles. The topological polar surface area (TPSA) is 50.7 Å². The van der Waals surface area contributed by atoms with Gasteiger partial charge in [-0.1, -0.05) is 36.4 Å². The van der Waals surface area contributed by atoms with Gasteiger partial charge < -0.3 is 5.32 Å². The van der Waals surface area contributed by atoms with Crippen LogP contribution in [-0.4, -0.2) is 15.0 Å². The van der Waals surface area contributed by atoms with Crippen LogP contribution in [0.15, 0.2) is 72.1 Å². The molecule has 0 aliphatic carbocycles. The Bertz CT molecular complexity index is 645. The fourth-order valence-corrected chi connectivity index (χ4v) is 2.72. The molecule has 0 amide bonds. The Kier molecular flexibility index (Phi) is 5.00. The lowest BCUT2D eigenvalue weighted by molar-refractivity contribution is 0.987. The van der Waals surface area contributed by atoms with E-state index in [1.54, 1.807) is 30.4 Å². The van der Waals surface area contributed by atoms with E-state index in [-0.39, 0.29) is 0 Å². The van der Waals surface area contributed by atoms with Gasteiger partial charge >= 0.3 is 0 Å². The molecule has 0 aliphatic heterocycles. The van der Waals surface area contributed by atoms with Crippen LogP contribution in [0.1, 0.15) is 11.3 Å². The predicted octanol–water partition coefficient (Wildman–Crippen LogP) is 3.78.